The van der Waals surface area contributed by atoms with Crippen molar-refractivity contribution in [2.45, 2.75) is 23.5 Å². The molecule has 0 radical (unpaired) electrons. The van der Waals surface area contributed by atoms with Gasteiger partial charge in [0.05, 0.1) is 10.6 Å². The minimum atomic E-state index is -0.998. The van der Waals surface area contributed by atoms with Crippen LogP contribution in [0.15, 0.2) is 23.1 Å². The summed E-state index contributed by atoms with van der Waals surface area (Å²) in [6.45, 7) is 2.78. The second kappa shape index (κ2) is 6.89. The monoisotopic (exact) mass is 274 g/mol. The Balaban J connectivity index is 2.72. The summed E-state index contributed by atoms with van der Waals surface area (Å²) >= 11 is 7.42. The highest BCUT2D eigenvalue weighted by molar-refractivity contribution is 7.99. The summed E-state index contributed by atoms with van der Waals surface area (Å²) in [6.07, 6.45) is 0.923. The fourth-order valence-electron chi connectivity index (χ4n) is 1.32. The number of rotatable bonds is 6. The molecular formula is C12H15ClO3S. The number of thioether (sulfide) groups is 1. The summed E-state index contributed by atoms with van der Waals surface area (Å²) in [5.74, 6) is -0.998. The van der Waals surface area contributed by atoms with E-state index in [2.05, 4.69) is 6.92 Å². The van der Waals surface area contributed by atoms with E-state index in [1.54, 1.807) is 31.0 Å². The molecule has 0 heterocycles. The van der Waals surface area contributed by atoms with Gasteiger partial charge in [-0.25, -0.2) is 4.79 Å². The molecule has 94 valence electrons. The molecule has 5 heteroatoms. The van der Waals surface area contributed by atoms with Crippen LogP contribution in [0.2, 0.25) is 5.02 Å². The van der Waals surface area contributed by atoms with Crippen molar-refractivity contribution in [1.29, 1.82) is 0 Å². The quantitative estimate of drug-likeness (QED) is 0.806. The van der Waals surface area contributed by atoms with E-state index in [9.17, 15) is 4.79 Å². The highest BCUT2D eigenvalue weighted by Gasteiger charge is 2.11. The number of carbonyl (C=O) groups is 1. The van der Waals surface area contributed by atoms with Gasteiger partial charge in [0.15, 0.2) is 0 Å². The Morgan fingerprint density at radius 2 is 2.29 bits per heavy atom. The minimum absolute atomic E-state index is 0.149. The Kier molecular flexibility index (Phi) is 5.82. The van der Waals surface area contributed by atoms with Gasteiger partial charge in [0.25, 0.3) is 0 Å². The molecule has 0 amide bonds. The fourth-order valence-corrected chi connectivity index (χ4v) is 2.53. The number of hydrogen-bond acceptors (Lipinski definition) is 3. The van der Waals surface area contributed by atoms with Gasteiger partial charge in [-0.3, -0.25) is 0 Å². The zero-order valence-electron chi connectivity index (χ0n) is 9.77. The zero-order valence-corrected chi connectivity index (χ0v) is 11.3. The van der Waals surface area contributed by atoms with Crippen LogP contribution in [0.3, 0.4) is 0 Å². The number of carboxylic acids is 1. The third-order valence-corrected chi connectivity index (χ3v) is 3.73. The van der Waals surface area contributed by atoms with Gasteiger partial charge in [0.2, 0.25) is 0 Å². The molecule has 0 saturated carbocycles. The van der Waals surface area contributed by atoms with Gasteiger partial charge in [0.1, 0.15) is 0 Å². The van der Waals surface area contributed by atoms with Crippen LogP contribution < -0.4 is 0 Å². The lowest BCUT2D eigenvalue weighted by atomic mass is 10.2. The van der Waals surface area contributed by atoms with Crippen LogP contribution in [-0.2, 0) is 4.74 Å². The first-order valence-corrected chi connectivity index (χ1v) is 6.48. The summed E-state index contributed by atoms with van der Waals surface area (Å²) in [7, 11) is 1.67. The van der Waals surface area contributed by atoms with Crippen molar-refractivity contribution in [3.63, 3.8) is 0 Å². The lowest BCUT2D eigenvalue weighted by Crippen LogP contribution is -2.02. The van der Waals surface area contributed by atoms with E-state index in [1.165, 1.54) is 0 Å². The molecule has 1 N–H and O–H groups in total. The molecule has 0 bridgehead atoms. The number of methoxy groups -OCH3 is 1. The number of halogens is 1. The Morgan fingerprint density at radius 1 is 1.59 bits per heavy atom. The Hall–Kier alpha value is -0.710. The summed E-state index contributed by atoms with van der Waals surface area (Å²) in [5.41, 5.74) is 0.149. The van der Waals surface area contributed by atoms with Gasteiger partial charge in [-0.05, 0) is 24.6 Å². The van der Waals surface area contributed by atoms with Crippen molar-refractivity contribution >= 4 is 29.3 Å². The molecular weight excluding hydrogens is 260 g/mol. The predicted molar refractivity (Wildman–Crippen MR) is 70.2 cm³/mol. The van der Waals surface area contributed by atoms with Crippen LogP contribution in [0.1, 0.15) is 23.7 Å². The van der Waals surface area contributed by atoms with E-state index < -0.39 is 5.97 Å². The van der Waals surface area contributed by atoms with Gasteiger partial charge in [0, 0.05) is 23.9 Å². The van der Waals surface area contributed by atoms with Crippen LogP contribution in [0.25, 0.3) is 0 Å². The molecule has 1 aromatic carbocycles. The first-order chi connectivity index (χ1) is 8.04. The third-order valence-electron chi connectivity index (χ3n) is 2.23. The number of hydrogen-bond donors (Lipinski definition) is 1. The summed E-state index contributed by atoms with van der Waals surface area (Å²) < 4.78 is 5.00. The van der Waals surface area contributed by atoms with Gasteiger partial charge in [-0.1, -0.05) is 18.5 Å². The molecule has 1 atom stereocenters. The first kappa shape index (κ1) is 14.4. The predicted octanol–water partition coefficient (Wildman–Crippen LogP) is 3.56. The van der Waals surface area contributed by atoms with Crippen molar-refractivity contribution in [1.82, 2.24) is 0 Å². The van der Waals surface area contributed by atoms with Crippen molar-refractivity contribution in [3.8, 4) is 0 Å². The molecule has 0 fully saturated rings. The average molecular weight is 275 g/mol. The van der Waals surface area contributed by atoms with E-state index in [0.717, 1.165) is 11.3 Å². The molecule has 1 aromatic rings. The van der Waals surface area contributed by atoms with E-state index in [4.69, 9.17) is 21.4 Å². The second-order valence-electron chi connectivity index (χ2n) is 3.66. The first-order valence-electron chi connectivity index (χ1n) is 5.23. The van der Waals surface area contributed by atoms with Crippen LogP contribution in [0, 0.1) is 0 Å². The topological polar surface area (TPSA) is 46.5 Å². The summed E-state index contributed by atoms with van der Waals surface area (Å²) in [6, 6.07) is 5.07. The van der Waals surface area contributed by atoms with Gasteiger partial charge < -0.3 is 9.84 Å². The maximum atomic E-state index is 10.9. The highest BCUT2D eigenvalue weighted by Crippen LogP contribution is 2.28. The average Bonchev–Trinajstić information content (AvgIpc) is 2.28. The number of carboxylic acid groups (broad SMARTS) is 1. The Morgan fingerprint density at radius 3 is 2.88 bits per heavy atom. The smallest absolute Gasteiger partial charge is 0.337 e. The zero-order chi connectivity index (χ0) is 12.8. The maximum Gasteiger partial charge on any atom is 0.337 e. The molecule has 0 aromatic heterocycles. The van der Waals surface area contributed by atoms with Crippen molar-refractivity contribution < 1.29 is 14.6 Å². The van der Waals surface area contributed by atoms with Crippen molar-refractivity contribution in [2.24, 2.45) is 0 Å². The van der Waals surface area contributed by atoms with Crippen molar-refractivity contribution in [2.75, 3.05) is 13.7 Å². The normalized spacial score (nSPS) is 12.4. The van der Waals surface area contributed by atoms with E-state index in [1.807, 2.05) is 6.07 Å². The third kappa shape index (κ3) is 4.58. The van der Waals surface area contributed by atoms with E-state index in [-0.39, 0.29) is 10.6 Å². The molecule has 0 saturated heterocycles. The molecule has 1 rings (SSSR count). The highest BCUT2D eigenvalue weighted by atomic mass is 35.5. The van der Waals surface area contributed by atoms with Crippen LogP contribution in [-0.4, -0.2) is 30.0 Å². The molecule has 0 aliphatic carbocycles. The van der Waals surface area contributed by atoms with Crippen molar-refractivity contribution in [3.05, 3.63) is 28.8 Å². The van der Waals surface area contributed by atoms with Gasteiger partial charge >= 0.3 is 5.97 Å². The van der Waals surface area contributed by atoms with Crippen LogP contribution in [0.5, 0.6) is 0 Å². The van der Waals surface area contributed by atoms with E-state index in [0.29, 0.717) is 11.9 Å². The van der Waals surface area contributed by atoms with Gasteiger partial charge in [-0.2, -0.15) is 0 Å². The van der Waals surface area contributed by atoms with Crippen LogP contribution >= 0.6 is 23.4 Å². The Bertz CT molecular complexity index is 395. The molecule has 17 heavy (non-hydrogen) atoms. The second-order valence-corrected chi connectivity index (χ2v) is 5.58. The maximum absolute atomic E-state index is 10.9. The lowest BCUT2D eigenvalue weighted by Gasteiger charge is -2.11. The summed E-state index contributed by atoms with van der Waals surface area (Å²) in [4.78, 5) is 11.8. The number of benzene rings is 1. The Labute approximate surface area is 110 Å². The molecule has 1 unspecified atom stereocenters. The molecule has 3 nitrogen and oxygen atoms in total. The largest absolute Gasteiger partial charge is 0.478 e. The fraction of sp³-hybridized carbons (Fsp3) is 0.417. The molecule has 0 spiro atoms. The van der Waals surface area contributed by atoms with Crippen LogP contribution in [0.4, 0.5) is 0 Å². The molecule has 0 aliphatic heterocycles. The SMILES string of the molecule is COCCC(C)Sc1ccc(Cl)c(C(=O)O)c1. The van der Waals surface area contributed by atoms with Gasteiger partial charge in [-0.15, -0.1) is 11.8 Å². The minimum Gasteiger partial charge on any atom is -0.478 e. The number of aromatic carboxylic acids is 1. The lowest BCUT2D eigenvalue weighted by molar-refractivity contribution is 0.0697. The molecule has 0 aliphatic rings. The number of ether oxygens (including phenoxy) is 1. The van der Waals surface area contributed by atoms with E-state index >= 15 is 0 Å². The standard InChI is InChI=1S/C12H15ClO3S/c1-8(5-6-16-2)17-9-3-4-11(13)10(7-9)12(14)15/h3-4,7-8H,5-6H2,1-2H3,(H,14,15). The summed E-state index contributed by atoms with van der Waals surface area (Å²) in [5, 5.41) is 9.59.